The van der Waals surface area contributed by atoms with E-state index in [1.165, 1.54) is 32.1 Å². The van der Waals surface area contributed by atoms with Gasteiger partial charge in [-0.3, -0.25) is 4.79 Å². The zero-order valence-corrected chi connectivity index (χ0v) is 12.7. The highest BCUT2D eigenvalue weighted by molar-refractivity contribution is 6.34. The number of aryl methyl sites for hydroxylation is 2. The molecule has 0 radical (unpaired) electrons. The van der Waals surface area contributed by atoms with E-state index < -0.39 is 0 Å². The molecule has 1 fully saturated rings. The van der Waals surface area contributed by atoms with Crippen molar-refractivity contribution in [2.75, 3.05) is 0 Å². The number of carbonyl (C=O) groups is 1. The van der Waals surface area contributed by atoms with Gasteiger partial charge in [0, 0.05) is 12.0 Å². The van der Waals surface area contributed by atoms with Crippen LogP contribution in [0.25, 0.3) is 0 Å². The molecule has 1 nitrogen and oxygen atoms in total. The van der Waals surface area contributed by atoms with E-state index >= 15 is 0 Å². The van der Waals surface area contributed by atoms with Crippen LogP contribution in [0.2, 0.25) is 5.02 Å². The summed E-state index contributed by atoms with van der Waals surface area (Å²) in [5.41, 5.74) is 3.00. The van der Waals surface area contributed by atoms with Gasteiger partial charge in [0.15, 0.2) is 5.78 Å². The molecule has 19 heavy (non-hydrogen) atoms. The monoisotopic (exact) mass is 278 g/mol. The van der Waals surface area contributed by atoms with Crippen molar-refractivity contribution in [2.24, 2.45) is 5.92 Å². The van der Waals surface area contributed by atoms with Crippen molar-refractivity contribution in [2.45, 2.75) is 58.8 Å². The first kappa shape index (κ1) is 14.6. The Hall–Kier alpha value is -0.820. The second-order valence-corrected chi connectivity index (χ2v) is 6.29. The van der Waals surface area contributed by atoms with Gasteiger partial charge in [-0.1, -0.05) is 43.7 Å². The van der Waals surface area contributed by atoms with Crippen LogP contribution < -0.4 is 0 Å². The topological polar surface area (TPSA) is 17.1 Å². The maximum atomic E-state index is 12.3. The molecule has 0 aliphatic heterocycles. The van der Waals surface area contributed by atoms with Gasteiger partial charge in [-0.25, -0.2) is 0 Å². The molecule has 1 saturated carbocycles. The molecular formula is C17H23ClO. The lowest BCUT2D eigenvalue weighted by molar-refractivity contribution is 0.0970. The van der Waals surface area contributed by atoms with Crippen LogP contribution >= 0.6 is 11.6 Å². The molecule has 0 N–H and O–H groups in total. The van der Waals surface area contributed by atoms with E-state index in [1.807, 2.05) is 26.0 Å². The first-order valence-corrected chi connectivity index (χ1v) is 7.75. The van der Waals surface area contributed by atoms with Gasteiger partial charge >= 0.3 is 0 Å². The molecule has 2 heteroatoms. The van der Waals surface area contributed by atoms with Gasteiger partial charge in [0.05, 0.1) is 5.02 Å². The normalized spacial score (nSPS) is 16.6. The molecule has 1 aliphatic rings. The molecule has 0 spiro atoms. The summed E-state index contributed by atoms with van der Waals surface area (Å²) in [4.78, 5) is 12.3. The van der Waals surface area contributed by atoms with E-state index in [0.29, 0.717) is 17.0 Å². The highest BCUT2D eigenvalue weighted by Crippen LogP contribution is 2.29. The molecule has 0 saturated heterocycles. The van der Waals surface area contributed by atoms with Crippen molar-refractivity contribution < 1.29 is 4.79 Å². The predicted octanol–water partition coefficient (Wildman–Crippen LogP) is 5.50. The molecule has 0 amide bonds. The zero-order valence-electron chi connectivity index (χ0n) is 12.0. The lowest BCUT2D eigenvalue weighted by Crippen LogP contribution is -2.09. The quantitative estimate of drug-likeness (QED) is 0.665. The summed E-state index contributed by atoms with van der Waals surface area (Å²) in [6, 6.07) is 3.85. The van der Waals surface area contributed by atoms with Crippen molar-refractivity contribution >= 4 is 17.4 Å². The van der Waals surface area contributed by atoms with Crippen molar-refractivity contribution in [1.82, 2.24) is 0 Å². The van der Waals surface area contributed by atoms with E-state index in [1.54, 1.807) is 0 Å². The smallest absolute Gasteiger partial charge is 0.164 e. The Bertz CT molecular complexity index is 459. The fraction of sp³-hybridized carbons (Fsp3) is 0.588. The minimum atomic E-state index is 0.207. The van der Waals surface area contributed by atoms with E-state index in [9.17, 15) is 4.79 Å². The third-order valence-electron chi connectivity index (χ3n) is 4.39. The summed E-state index contributed by atoms with van der Waals surface area (Å²) in [7, 11) is 0. The second kappa shape index (κ2) is 6.56. The third-order valence-corrected chi connectivity index (χ3v) is 4.70. The fourth-order valence-corrected chi connectivity index (χ4v) is 3.26. The van der Waals surface area contributed by atoms with Crippen molar-refractivity contribution in [1.29, 1.82) is 0 Å². The van der Waals surface area contributed by atoms with Gasteiger partial charge in [0.1, 0.15) is 0 Å². The van der Waals surface area contributed by atoms with Crippen LogP contribution in [0.1, 0.15) is 66.4 Å². The maximum Gasteiger partial charge on any atom is 0.164 e. The number of hydrogen-bond acceptors (Lipinski definition) is 1. The number of Topliss-reactive ketones (excluding diaryl/α,β-unsaturated/α-hetero) is 1. The minimum Gasteiger partial charge on any atom is -0.294 e. The lowest BCUT2D eigenvalue weighted by atomic mass is 9.85. The fourth-order valence-electron chi connectivity index (χ4n) is 2.94. The second-order valence-electron chi connectivity index (χ2n) is 5.88. The molecule has 1 aromatic carbocycles. The molecule has 0 bridgehead atoms. The minimum absolute atomic E-state index is 0.207. The van der Waals surface area contributed by atoms with Crippen molar-refractivity contribution in [3.05, 3.63) is 33.8 Å². The Morgan fingerprint density at radius 1 is 1.16 bits per heavy atom. The predicted molar refractivity (Wildman–Crippen MR) is 81.1 cm³/mol. The molecule has 0 atom stereocenters. The molecule has 1 aromatic rings. The van der Waals surface area contributed by atoms with Gasteiger partial charge < -0.3 is 0 Å². The third kappa shape index (κ3) is 3.82. The Labute approximate surface area is 121 Å². The number of benzene rings is 1. The van der Waals surface area contributed by atoms with Crippen LogP contribution in [0.3, 0.4) is 0 Å². The molecular weight excluding hydrogens is 256 g/mol. The molecule has 1 aliphatic carbocycles. The summed E-state index contributed by atoms with van der Waals surface area (Å²) in [6.45, 7) is 4.06. The molecule has 104 valence electrons. The van der Waals surface area contributed by atoms with Gasteiger partial charge in [0.2, 0.25) is 0 Å². The van der Waals surface area contributed by atoms with E-state index in [4.69, 9.17) is 11.6 Å². The zero-order chi connectivity index (χ0) is 13.8. The number of halogens is 1. The highest BCUT2D eigenvalue weighted by Gasteiger charge is 2.17. The summed E-state index contributed by atoms with van der Waals surface area (Å²) < 4.78 is 0. The Kier molecular flexibility index (Phi) is 5.04. The molecule has 0 unspecified atom stereocenters. The van der Waals surface area contributed by atoms with E-state index in [-0.39, 0.29) is 5.78 Å². The van der Waals surface area contributed by atoms with Crippen LogP contribution in [0.5, 0.6) is 0 Å². The van der Waals surface area contributed by atoms with Crippen LogP contribution in [-0.4, -0.2) is 5.78 Å². The van der Waals surface area contributed by atoms with Crippen molar-refractivity contribution in [3.63, 3.8) is 0 Å². The standard InChI is InChI=1S/C17H23ClO/c1-12-10-15(16(18)11-13(12)2)17(19)9-8-14-6-4-3-5-7-14/h10-11,14H,3-9H2,1-2H3. The Morgan fingerprint density at radius 2 is 1.79 bits per heavy atom. The Morgan fingerprint density at radius 3 is 2.47 bits per heavy atom. The Balaban J connectivity index is 1.97. The van der Waals surface area contributed by atoms with Crippen molar-refractivity contribution in [3.8, 4) is 0 Å². The van der Waals surface area contributed by atoms with E-state index in [2.05, 4.69) is 0 Å². The number of rotatable bonds is 4. The average molecular weight is 279 g/mol. The molecule has 2 rings (SSSR count). The molecule has 0 aromatic heterocycles. The van der Waals surface area contributed by atoms with Crippen LogP contribution in [0.4, 0.5) is 0 Å². The summed E-state index contributed by atoms with van der Waals surface area (Å²) >= 11 is 6.20. The highest BCUT2D eigenvalue weighted by atomic mass is 35.5. The number of ketones is 1. The van der Waals surface area contributed by atoms with E-state index in [0.717, 1.165) is 23.5 Å². The first-order chi connectivity index (χ1) is 9.08. The van der Waals surface area contributed by atoms with Gasteiger partial charge in [-0.05, 0) is 49.4 Å². The van der Waals surface area contributed by atoms with Gasteiger partial charge in [0.25, 0.3) is 0 Å². The lowest BCUT2D eigenvalue weighted by Gasteiger charge is -2.21. The summed E-state index contributed by atoms with van der Waals surface area (Å²) in [6.07, 6.45) is 8.32. The largest absolute Gasteiger partial charge is 0.294 e. The van der Waals surface area contributed by atoms with Crippen LogP contribution in [-0.2, 0) is 0 Å². The number of carbonyl (C=O) groups excluding carboxylic acids is 1. The SMILES string of the molecule is Cc1cc(Cl)c(C(=O)CCC2CCCCC2)cc1C. The van der Waals surface area contributed by atoms with Gasteiger partial charge in [-0.2, -0.15) is 0 Å². The van der Waals surface area contributed by atoms with Crippen LogP contribution in [0.15, 0.2) is 12.1 Å². The summed E-state index contributed by atoms with van der Waals surface area (Å²) in [5.74, 6) is 0.960. The first-order valence-electron chi connectivity index (χ1n) is 7.38. The number of hydrogen-bond donors (Lipinski definition) is 0. The average Bonchev–Trinajstić information content (AvgIpc) is 2.41. The van der Waals surface area contributed by atoms with Gasteiger partial charge in [-0.15, -0.1) is 0 Å². The molecule has 0 heterocycles. The van der Waals surface area contributed by atoms with Crippen LogP contribution in [0, 0.1) is 19.8 Å². The maximum absolute atomic E-state index is 12.3. The summed E-state index contributed by atoms with van der Waals surface area (Å²) in [5, 5.41) is 0.608.